The van der Waals surface area contributed by atoms with Crippen molar-refractivity contribution in [2.75, 3.05) is 19.8 Å². The Morgan fingerprint density at radius 1 is 1.29 bits per heavy atom. The van der Waals surface area contributed by atoms with Gasteiger partial charge in [-0.25, -0.2) is 0 Å². The zero-order valence-corrected chi connectivity index (χ0v) is 10.9. The predicted molar refractivity (Wildman–Crippen MR) is 66.5 cm³/mol. The van der Waals surface area contributed by atoms with Gasteiger partial charge in [0.15, 0.2) is 11.5 Å². The fourth-order valence-electron chi connectivity index (χ4n) is 1.92. The van der Waals surface area contributed by atoms with Crippen LogP contribution in [-0.2, 0) is 4.79 Å². The summed E-state index contributed by atoms with van der Waals surface area (Å²) in [4.78, 5) is 11.2. The van der Waals surface area contributed by atoms with Gasteiger partial charge in [0.25, 0.3) is 0 Å². The number of alkyl halides is 3. The van der Waals surface area contributed by atoms with Gasteiger partial charge >= 0.3 is 12.1 Å². The minimum absolute atomic E-state index is 0.177. The smallest absolute Gasteiger partial charge is 0.401 e. The maximum Gasteiger partial charge on any atom is 0.401 e. The first-order valence-corrected chi connectivity index (χ1v) is 6.29. The largest absolute Gasteiger partial charge is 0.490 e. The average Bonchev–Trinajstić information content (AvgIpc) is 2.61. The Labute approximate surface area is 118 Å². The van der Waals surface area contributed by atoms with Crippen LogP contribution in [0.1, 0.15) is 18.0 Å². The van der Waals surface area contributed by atoms with E-state index in [9.17, 15) is 18.0 Å². The molecule has 0 radical (unpaired) electrons. The first-order chi connectivity index (χ1) is 9.87. The first kappa shape index (κ1) is 15.4. The highest BCUT2D eigenvalue weighted by Crippen LogP contribution is 2.32. The molecule has 0 aliphatic carbocycles. The third kappa shape index (κ3) is 4.25. The number of halogens is 3. The van der Waals surface area contributed by atoms with Crippen LogP contribution >= 0.6 is 0 Å². The van der Waals surface area contributed by atoms with Crippen molar-refractivity contribution >= 4 is 5.97 Å². The second kappa shape index (κ2) is 6.21. The van der Waals surface area contributed by atoms with Crippen LogP contribution in [0.2, 0.25) is 0 Å². The number of carbonyl (C=O) groups is 1. The maximum absolute atomic E-state index is 12.2. The molecule has 2 rings (SSSR count). The molecular weight excluding hydrogens is 291 g/mol. The molecule has 0 saturated heterocycles. The quantitative estimate of drug-likeness (QED) is 0.892. The first-order valence-electron chi connectivity index (χ1n) is 6.29. The van der Waals surface area contributed by atoms with Gasteiger partial charge in [0, 0.05) is 6.42 Å². The lowest BCUT2D eigenvalue weighted by Crippen LogP contribution is -2.36. The summed E-state index contributed by atoms with van der Waals surface area (Å²) in [5.74, 6) is -0.602. The minimum Gasteiger partial charge on any atom is -0.490 e. The standard InChI is InChI=1S/C13H14F3NO4/c14-13(15,16)7-17-11(12(18)19)8-2-3-9-10(6-8)21-5-1-4-20-9/h2-3,6,11,17H,1,4-5,7H2,(H,18,19). The molecule has 1 atom stereocenters. The number of ether oxygens (including phenoxy) is 2. The van der Waals surface area contributed by atoms with Gasteiger partial charge in [0.2, 0.25) is 0 Å². The molecule has 8 heteroatoms. The van der Waals surface area contributed by atoms with Crippen LogP contribution in [0.4, 0.5) is 13.2 Å². The van der Waals surface area contributed by atoms with E-state index in [4.69, 9.17) is 14.6 Å². The van der Waals surface area contributed by atoms with E-state index < -0.39 is 24.7 Å². The van der Waals surface area contributed by atoms with Crippen molar-refractivity contribution in [2.45, 2.75) is 18.6 Å². The molecule has 1 heterocycles. The summed E-state index contributed by atoms with van der Waals surface area (Å²) in [6, 6.07) is 2.84. The minimum atomic E-state index is -4.49. The molecule has 1 unspecified atom stereocenters. The van der Waals surface area contributed by atoms with Crippen molar-refractivity contribution in [3.63, 3.8) is 0 Å². The number of carboxylic acid groups (broad SMARTS) is 1. The molecule has 21 heavy (non-hydrogen) atoms. The Kier molecular flexibility index (Phi) is 4.56. The van der Waals surface area contributed by atoms with Gasteiger partial charge in [-0.15, -0.1) is 0 Å². The highest BCUT2D eigenvalue weighted by Gasteiger charge is 2.31. The van der Waals surface area contributed by atoms with E-state index in [1.54, 1.807) is 0 Å². The van der Waals surface area contributed by atoms with Gasteiger partial charge in [-0.1, -0.05) is 6.07 Å². The van der Waals surface area contributed by atoms with Crippen LogP contribution in [0.25, 0.3) is 0 Å². The molecule has 0 amide bonds. The molecule has 0 saturated carbocycles. The second-order valence-corrected chi connectivity index (χ2v) is 4.52. The Bertz CT molecular complexity index is 519. The zero-order chi connectivity index (χ0) is 15.5. The van der Waals surface area contributed by atoms with Crippen molar-refractivity contribution in [3.05, 3.63) is 23.8 Å². The molecule has 1 aliphatic heterocycles. The molecule has 1 aromatic rings. The van der Waals surface area contributed by atoms with E-state index in [1.807, 2.05) is 5.32 Å². The highest BCUT2D eigenvalue weighted by atomic mass is 19.4. The van der Waals surface area contributed by atoms with Gasteiger partial charge in [-0.05, 0) is 17.7 Å². The van der Waals surface area contributed by atoms with E-state index in [2.05, 4.69) is 0 Å². The van der Waals surface area contributed by atoms with Crippen molar-refractivity contribution in [2.24, 2.45) is 0 Å². The molecular formula is C13H14F3NO4. The molecule has 5 nitrogen and oxygen atoms in total. The van der Waals surface area contributed by atoms with E-state index in [1.165, 1.54) is 18.2 Å². The van der Waals surface area contributed by atoms with Gasteiger partial charge < -0.3 is 14.6 Å². The third-order valence-corrected chi connectivity index (χ3v) is 2.86. The van der Waals surface area contributed by atoms with Crippen LogP contribution in [0.15, 0.2) is 18.2 Å². The van der Waals surface area contributed by atoms with E-state index in [0.717, 1.165) is 0 Å². The van der Waals surface area contributed by atoms with Crippen molar-refractivity contribution < 1.29 is 32.5 Å². The van der Waals surface area contributed by atoms with Crippen LogP contribution in [0, 0.1) is 0 Å². The topological polar surface area (TPSA) is 67.8 Å². The molecule has 1 aromatic carbocycles. The van der Waals surface area contributed by atoms with Crippen molar-refractivity contribution in [1.82, 2.24) is 5.32 Å². The van der Waals surface area contributed by atoms with E-state index >= 15 is 0 Å². The number of benzene rings is 1. The van der Waals surface area contributed by atoms with Gasteiger partial charge in [0.1, 0.15) is 6.04 Å². The summed E-state index contributed by atoms with van der Waals surface area (Å²) in [5, 5.41) is 11.1. The number of carboxylic acids is 1. The van der Waals surface area contributed by atoms with E-state index in [0.29, 0.717) is 31.1 Å². The number of hydrogen-bond acceptors (Lipinski definition) is 4. The number of hydrogen-bond donors (Lipinski definition) is 2. The third-order valence-electron chi connectivity index (χ3n) is 2.86. The summed E-state index contributed by atoms with van der Waals surface area (Å²) >= 11 is 0. The van der Waals surface area contributed by atoms with E-state index in [-0.39, 0.29) is 5.56 Å². The number of nitrogens with one attached hydrogen (secondary N) is 1. The lowest BCUT2D eigenvalue weighted by Gasteiger charge is -2.17. The Balaban J connectivity index is 2.20. The summed E-state index contributed by atoms with van der Waals surface area (Å²) in [7, 11) is 0. The fourth-order valence-corrected chi connectivity index (χ4v) is 1.92. The van der Waals surface area contributed by atoms with Gasteiger partial charge in [-0.3, -0.25) is 10.1 Å². The number of fused-ring (bicyclic) bond motifs is 1. The monoisotopic (exact) mass is 305 g/mol. The van der Waals surface area contributed by atoms with Crippen molar-refractivity contribution in [1.29, 1.82) is 0 Å². The molecule has 0 spiro atoms. The average molecular weight is 305 g/mol. The van der Waals surface area contributed by atoms with Crippen molar-refractivity contribution in [3.8, 4) is 11.5 Å². The lowest BCUT2D eigenvalue weighted by atomic mass is 10.1. The van der Waals surface area contributed by atoms with Crippen LogP contribution in [-0.4, -0.2) is 37.0 Å². The SMILES string of the molecule is O=C(O)C(NCC(F)(F)F)c1ccc2c(c1)OCCCO2. The maximum atomic E-state index is 12.2. The molecule has 1 aliphatic rings. The summed E-state index contributed by atoms with van der Waals surface area (Å²) in [6.45, 7) is -0.510. The Hall–Kier alpha value is -1.96. The Morgan fingerprint density at radius 3 is 2.57 bits per heavy atom. The van der Waals surface area contributed by atoms with Gasteiger partial charge in [0.05, 0.1) is 19.8 Å². The summed E-state index contributed by atoms with van der Waals surface area (Å²) < 4.78 is 47.4. The second-order valence-electron chi connectivity index (χ2n) is 4.52. The predicted octanol–water partition coefficient (Wildman–Crippen LogP) is 2.13. The molecule has 0 bridgehead atoms. The fraction of sp³-hybridized carbons (Fsp3) is 0.462. The van der Waals surface area contributed by atoms with Crippen LogP contribution < -0.4 is 14.8 Å². The molecule has 2 N–H and O–H groups in total. The number of aliphatic carboxylic acids is 1. The van der Waals surface area contributed by atoms with Crippen LogP contribution in [0.5, 0.6) is 11.5 Å². The summed E-state index contributed by atoms with van der Waals surface area (Å²) in [5.41, 5.74) is 0.177. The zero-order valence-electron chi connectivity index (χ0n) is 10.9. The highest BCUT2D eigenvalue weighted by molar-refractivity contribution is 5.76. The van der Waals surface area contributed by atoms with Gasteiger partial charge in [-0.2, -0.15) is 13.2 Å². The summed E-state index contributed by atoms with van der Waals surface area (Å²) in [6.07, 6.45) is -3.81. The number of rotatable bonds is 4. The normalized spacial score (nSPS) is 16.1. The Morgan fingerprint density at radius 2 is 1.95 bits per heavy atom. The molecule has 0 fully saturated rings. The molecule has 116 valence electrons. The van der Waals surface area contributed by atoms with Crippen LogP contribution in [0.3, 0.4) is 0 Å². The molecule has 0 aromatic heterocycles. The lowest BCUT2D eigenvalue weighted by molar-refractivity contribution is -0.143.